The molecule has 0 bridgehead atoms. The minimum absolute atomic E-state index is 0.0545. The van der Waals surface area contributed by atoms with Crippen LogP contribution in [0.5, 0.6) is 5.75 Å². The summed E-state index contributed by atoms with van der Waals surface area (Å²) in [5.74, 6) is -0.117. The van der Waals surface area contributed by atoms with Gasteiger partial charge in [-0.2, -0.15) is 0 Å². The first-order chi connectivity index (χ1) is 16.4. The van der Waals surface area contributed by atoms with Gasteiger partial charge < -0.3 is 15.0 Å². The van der Waals surface area contributed by atoms with Crippen molar-refractivity contribution in [1.29, 1.82) is 0 Å². The lowest BCUT2D eigenvalue weighted by atomic mass is 10.1. The van der Waals surface area contributed by atoms with E-state index in [1.807, 2.05) is 32.9 Å². The number of halogens is 1. The molecule has 0 unspecified atom stereocenters. The SMILES string of the molecule is CC[C@@H](C)NC(=O)[C@@H](C)N(Cc1ccc(OC)cc1)C(=O)CN(c1ccc(Br)c(C)c1)S(C)(=O)=O. The molecule has 2 aromatic carbocycles. The number of rotatable bonds is 11. The molecule has 8 nitrogen and oxygen atoms in total. The Morgan fingerprint density at radius 3 is 2.26 bits per heavy atom. The van der Waals surface area contributed by atoms with E-state index in [1.54, 1.807) is 44.4 Å². The zero-order valence-corrected chi connectivity index (χ0v) is 23.4. The fourth-order valence-corrected chi connectivity index (χ4v) is 4.46. The van der Waals surface area contributed by atoms with E-state index in [0.717, 1.165) is 32.6 Å². The van der Waals surface area contributed by atoms with Gasteiger partial charge in [0.2, 0.25) is 21.8 Å². The molecule has 0 saturated carbocycles. The number of sulfonamides is 1. The van der Waals surface area contributed by atoms with Gasteiger partial charge in [0.25, 0.3) is 0 Å². The minimum Gasteiger partial charge on any atom is -0.497 e. The second-order valence-electron chi connectivity index (χ2n) is 8.57. The lowest BCUT2D eigenvalue weighted by Gasteiger charge is -2.32. The molecule has 0 fully saturated rings. The van der Waals surface area contributed by atoms with Crippen LogP contribution in [0.15, 0.2) is 46.9 Å². The number of carbonyl (C=O) groups is 2. The van der Waals surface area contributed by atoms with Gasteiger partial charge in [-0.25, -0.2) is 8.42 Å². The molecule has 1 N–H and O–H groups in total. The average molecular weight is 569 g/mol. The van der Waals surface area contributed by atoms with E-state index in [0.29, 0.717) is 11.4 Å². The van der Waals surface area contributed by atoms with Crippen molar-refractivity contribution in [2.24, 2.45) is 0 Å². The first-order valence-corrected chi connectivity index (χ1v) is 14.0. The first kappa shape index (κ1) is 28.6. The summed E-state index contributed by atoms with van der Waals surface area (Å²) >= 11 is 3.41. The maximum Gasteiger partial charge on any atom is 0.244 e. The van der Waals surface area contributed by atoms with Crippen molar-refractivity contribution in [2.75, 3.05) is 24.2 Å². The summed E-state index contributed by atoms with van der Waals surface area (Å²) in [6.07, 6.45) is 1.81. The van der Waals surface area contributed by atoms with Crippen LogP contribution in [0.25, 0.3) is 0 Å². The zero-order valence-electron chi connectivity index (χ0n) is 21.0. The standard InChI is InChI=1S/C25H34BrN3O5S/c1-7-18(3)27-25(31)19(4)28(15-20-8-11-22(34-5)12-9-20)24(30)16-29(35(6,32)33)21-10-13-23(26)17(2)14-21/h8-14,18-19H,7,15-16H2,1-6H3,(H,27,31)/t18-,19-/m1/s1. The molecule has 35 heavy (non-hydrogen) atoms. The maximum atomic E-state index is 13.6. The molecule has 0 aliphatic rings. The lowest BCUT2D eigenvalue weighted by molar-refractivity contribution is -0.139. The number of anilines is 1. The molecule has 2 rings (SSSR count). The van der Waals surface area contributed by atoms with E-state index in [4.69, 9.17) is 4.74 Å². The predicted molar refractivity (Wildman–Crippen MR) is 142 cm³/mol. The number of carbonyl (C=O) groups excluding carboxylic acids is 2. The summed E-state index contributed by atoms with van der Waals surface area (Å²) in [7, 11) is -2.21. The number of nitrogens with zero attached hydrogens (tertiary/aromatic N) is 2. The fourth-order valence-electron chi connectivity index (χ4n) is 3.37. The van der Waals surface area contributed by atoms with Gasteiger partial charge in [0.05, 0.1) is 19.1 Å². The Labute approximate surface area is 216 Å². The highest BCUT2D eigenvalue weighted by atomic mass is 79.9. The summed E-state index contributed by atoms with van der Waals surface area (Å²) in [6.45, 7) is 7.04. The monoisotopic (exact) mass is 567 g/mol. The van der Waals surface area contributed by atoms with Gasteiger partial charge in [-0.15, -0.1) is 0 Å². The van der Waals surface area contributed by atoms with Crippen molar-refractivity contribution in [3.8, 4) is 5.75 Å². The van der Waals surface area contributed by atoms with E-state index in [2.05, 4.69) is 21.2 Å². The van der Waals surface area contributed by atoms with Crippen LogP contribution in [-0.4, -0.2) is 57.1 Å². The Morgan fingerprint density at radius 1 is 1.11 bits per heavy atom. The Hall–Kier alpha value is -2.59. The topological polar surface area (TPSA) is 96.0 Å². The van der Waals surface area contributed by atoms with Crippen LogP contribution in [0.4, 0.5) is 5.69 Å². The normalized spacial score (nSPS) is 13.0. The van der Waals surface area contributed by atoms with E-state index in [1.165, 1.54) is 4.90 Å². The minimum atomic E-state index is -3.77. The van der Waals surface area contributed by atoms with Gasteiger partial charge in [-0.3, -0.25) is 13.9 Å². The van der Waals surface area contributed by atoms with Gasteiger partial charge in [0.15, 0.2) is 0 Å². The molecule has 0 spiro atoms. The summed E-state index contributed by atoms with van der Waals surface area (Å²) in [5.41, 5.74) is 2.00. The number of methoxy groups -OCH3 is 1. The van der Waals surface area contributed by atoms with Gasteiger partial charge in [-0.05, 0) is 68.7 Å². The highest BCUT2D eigenvalue weighted by Crippen LogP contribution is 2.25. The molecule has 2 aromatic rings. The Balaban J connectivity index is 2.40. The summed E-state index contributed by atoms with van der Waals surface area (Å²) in [4.78, 5) is 27.9. The third-order valence-corrected chi connectivity index (χ3v) is 7.82. The smallest absolute Gasteiger partial charge is 0.244 e. The van der Waals surface area contributed by atoms with Crippen LogP contribution in [0.2, 0.25) is 0 Å². The summed E-state index contributed by atoms with van der Waals surface area (Å²) < 4.78 is 32.4. The van der Waals surface area contributed by atoms with Crippen LogP contribution in [0.1, 0.15) is 38.3 Å². The molecular formula is C25H34BrN3O5S. The van der Waals surface area contributed by atoms with Crippen molar-refractivity contribution >= 4 is 43.5 Å². The quantitative estimate of drug-likeness (QED) is 0.444. The molecular weight excluding hydrogens is 534 g/mol. The van der Waals surface area contributed by atoms with Crippen LogP contribution in [0.3, 0.4) is 0 Å². The molecule has 0 radical (unpaired) electrons. The maximum absolute atomic E-state index is 13.6. The van der Waals surface area contributed by atoms with Crippen molar-refractivity contribution in [2.45, 2.75) is 52.7 Å². The predicted octanol–water partition coefficient (Wildman–Crippen LogP) is 3.86. The van der Waals surface area contributed by atoms with Gasteiger partial charge in [-0.1, -0.05) is 35.0 Å². The Bertz CT molecular complexity index is 1140. The Morgan fingerprint density at radius 2 is 1.74 bits per heavy atom. The van der Waals surface area contributed by atoms with Crippen LogP contribution in [-0.2, 0) is 26.2 Å². The molecule has 10 heteroatoms. The lowest BCUT2D eigenvalue weighted by Crippen LogP contribution is -2.52. The second kappa shape index (κ2) is 12.4. The molecule has 2 amide bonds. The summed E-state index contributed by atoms with van der Waals surface area (Å²) in [5, 5.41) is 2.91. The van der Waals surface area contributed by atoms with Crippen molar-refractivity contribution < 1.29 is 22.7 Å². The molecule has 2 atom stereocenters. The highest BCUT2D eigenvalue weighted by molar-refractivity contribution is 9.10. The van der Waals surface area contributed by atoms with E-state index in [9.17, 15) is 18.0 Å². The molecule has 192 valence electrons. The zero-order chi connectivity index (χ0) is 26.3. The second-order valence-corrected chi connectivity index (χ2v) is 11.3. The number of hydrogen-bond acceptors (Lipinski definition) is 5. The largest absolute Gasteiger partial charge is 0.497 e. The number of nitrogens with one attached hydrogen (secondary N) is 1. The van der Waals surface area contributed by atoms with Gasteiger partial charge >= 0.3 is 0 Å². The van der Waals surface area contributed by atoms with E-state index in [-0.39, 0.29) is 18.5 Å². The molecule has 0 aliphatic heterocycles. The fraction of sp³-hybridized carbons (Fsp3) is 0.440. The van der Waals surface area contributed by atoms with Crippen LogP contribution >= 0.6 is 15.9 Å². The van der Waals surface area contributed by atoms with Crippen LogP contribution < -0.4 is 14.4 Å². The van der Waals surface area contributed by atoms with Crippen molar-refractivity contribution in [3.05, 3.63) is 58.1 Å². The van der Waals surface area contributed by atoms with Crippen molar-refractivity contribution in [3.63, 3.8) is 0 Å². The number of benzene rings is 2. The van der Waals surface area contributed by atoms with Crippen molar-refractivity contribution in [1.82, 2.24) is 10.2 Å². The first-order valence-electron chi connectivity index (χ1n) is 11.3. The van der Waals surface area contributed by atoms with Crippen LogP contribution in [0, 0.1) is 6.92 Å². The Kier molecular flexibility index (Phi) is 10.1. The highest BCUT2D eigenvalue weighted by Gasteiger charge is 2.30. The molecule has 0 heterocycles. The third-order valence-electron chi connectivity index (χ3n) is 5.79. The number of amides is 2. The third kappa shape index (κ3) is 7.96. The van der Waals surface area contributed by atoms with Gasteiger partial charge in [0, 0.05) is 17.1 Å². The number of ether oxygens (including phenoxy) is 1. The van der Waals surface area contributed by atoms with E-state index >= 15 is 0 Å². The number of hydrogen-bond donors (Lipinski definition) is 1. The molecule has 0 aromatic heterocycles. The average Bonchev–Trinajstić information content (AvgIpc) is 2.81. The summed E-state index contributed by atoms with van der Waals surface area (Å²) in [6, 6.07) is 11.4. The van der Waals surface area contributed by atoms with Gasteiger partial charge in [0.1, 0.15) is 18.3 Å². The van der Waals surface area contributed by atoms with E-state index < -0.39 is 28.5 Å². The molecule has 0 saturated heterocycles. The molecule has 0 aliphatic carbocycles. The number of aryl methyl sites for hydroxylation is 1.